The summed E-state index contributed by atoms with van der Waals surface area (Å²) in [4.78, 5) is 60.7. The van der Waals surface area contributed by atoms with E-state index in [4.69, 9.17) is 4.74 Å². The van der Waals surface area contributed by atoms with Gasteiger partial charge < -0.3 is 14.2 Å². The second kappa shape index (κ2) is 8.77. The molecule has 0 radical (unpaired) electrons. The first-order chi connectivity index (χ1) is 14.6. The molecular weight excluding hydrogens is 400 g/mol. The van der Waals surface area contributed by atoms with E-state index in [-0.39, 0.29) is 35.0 Å². The van der Waals surface area contributed by atoms with Crippen molar-refractivity contribution < 1.29 is 23.9 Å². The first-order valence-corrected chi connectivity index (χ1v) is 10.8. The third kappa shape index (κ3) is 4.94. The molecule has 8 heteroatoms. The van der Waals surface area contributed by atoms with E-state index in [0.717, 1.165) is 38.5 Å². The number of nitrogens with zero attached hydrogens (tertiary/aromatic N) is 2. The minimum absolute atomic E-state index is 0.0545. The van der Waals surface area contributed by atoms with Gasteiger partial charge in [0.2, 0.25) is 5.78 Å². The predicted octanol–water partition coefficient (Wildman–Crippen LogP) is 3.17. The van der Waals surface area contributed by atoms with Crippen LogP contribution in [0.3, 0.4) is 0 Å². The van der Waals surface area contributed by atoms with Crippen molar-refractivity contribution in [1.29, 1.82) is 0 Å². The molecule has 1 aliphatic heterocycles. The Balaban J connectivity index is 1.65. The Bertz CT molecular complexity index is 924. The van der Waals surface area contributed by atoms with Gasteiger partial charge in [-0.1, -0.05) is 0 Å². The maximum atomic E-state index is 12.7. The van der Waals surface area contributed by atoms with E-state index in [2.05, 4.69) is 0 Å². The lowest BCUT2D eigenvalue weighted by atomic mass is 9.67. The number of hydrogen-bond acceptors (Lipinski definition) is 6. The third-order valence-electron chi connectivity index (χ3n) is 6.53. The van der Waals surface area contributed by atoms with Crippen LogP contribution in [0.25, 0.3) is 0 Å². The van der Waals surface area contributed by atoms with Crippen LogP contribution in [-0.2, 0) is 9.53 Å². The summed E-state index contributed by atoms with van der Waals surface area (Å²) in [6.45, 7) is 6.90. The number of carbonyl (C=O) groups is 4. The zero-order chi connectivity index (χ0) is 22.8. The van der Waals surface area contributed by atoms with Crippen LogP contribution in [0.15, 0.2) is 17.1 Å². The molecular formula is C23H30N2O6. The fourth-order valence-corrected chi connectivity index (χ4v) is 4.73. The van der Waals surface area contributed by atoms with Crippen LogP contribution < -0.4 is 5.56 Å². The second-order valence-electron chi connectivity index (χ2n) is 9.65. The highest BCUT2D eigenvalue weighted by Gasteiger charge is 2.40. The van der Waals surface area contributed by atoms with Gasteiger partial charge in [0.25, 0.3) is 5.56 Å². The smallest absolute Gasteiger partial charge is 0.410 e. The largest absolute Gasteiger partial charge is 0.444 e. The third-order valence-corrected chi connectivity index (χ3v) is 6.53. The molecule has 2 aliphatic rings. The number of ether oxygens (including phenoxy) is 1. The molecule has 3 rings (SSSR count). The topological polar surface area (TPSA) is 103 Å². The summed E-state index contributed by atoms with van der Waals surface area (Å²) in [6, 6.07) is 1.33. The summed E-state index contributed by atoms with van der Waals surface area (Å²) in [7, 11) is 0. The Hall–Kier alpha value is -2.77. The molecule has 1 aliphatic carbocycles. The van der Waals surface area contributed by atoms with Crippen molar-refractivity contribution >= 4 is 24.4 Å². The van der Waals surface area contributed by atoms with Crippen molar-refractivity contribution in [3.8, 4) is 0 Å². The molecule has 0 N–H and O–H groups in total. The molecule has 8 nitrogen and oxygen atoms in total. The molecule has 0 aromatic carbocycles. The van der Waals surface area contributed by atoms with Crippen LogP contribution in [0.5, 0.6) is 0 Å². The van der Waals surface area contributed by atoms with Gasteiger partial charge in [0.15, 0.2) is 12.6 Å². The summed E-state index contributed by atoms with van der Waals surface area (Å²) < 4.78 is 6.99. The molecule has 0 bridgehead atoms. The van der Waals surface area contributed by atoms with E-state index in [1.165, 1.54) is 16.8 Å². The van der Waals surface area contributed by atoms with Gasteiger partial charge in [0, 0.05) is 30.9 Å². The zero-order valence-electron chi connectivity index (χ0n) is 18.4. The molecule has 1 spiro atoms. The van der Waals surface area contributed by atoms with Gasteiger partial charge in [0.05, 0.1) is 5.56 Å². The Morgan fingerprint density at radius 2 is 1.71 bits per heavy atom. The minimum Gasteiger partial charge on any atom is -0.444 e. The number of aromatic nitrogens is 1. The number of Topliss-reactive ketones (excluding diaryl/α,β-unsaturated/α-hetero) is 1. The first-order valence-electron chi connectivity index (χ1n) is 10.8. The Labute approximate surface area is 181 Å². The number of carbonyl (C=O) groups excluding carboxylic acids is 4. The lowest BCUT2D eigenvalue weighted by Crippen LogP contribution is -2.46. The van der Waals surface area contributed by atoms with E-state index in [1.54, 1.807) is 4.90 Å². The lowest BCUT2D eigenvalue weighted by molar-refractivity contribution is -0.104. The van der Waals surface area contributed by atoms with Gasteiger partial charge in [-0.15, -0.1) is 0 Å². The SMILES string of the molecule is CC(C)(C)OC(=O)N1CCC2(CCC(n3ccc(C(=O)C=O)c(C=O)c3=O)CC2)CC1. The van der Waals surface area contributed by atoms with Crippen LogP contribution in [0, 0.1) is 5.41 Å². The average molecular weight is 431 g/mol. The number of likely N-dealkylation sites (tertiary alicyclic amines) is 1. The van der Waals surface area contributed by atoms with E-state index >= 15 is 0 Å². The molecule has 31 heavy (non-hydrogen) atoms. The van der Waals surface area contributed by atoms with Gasteiger partial charge in [-0.25, -0.2) is 4.79 Å². The van der Waals surface area contributed by atoms with Crippen LogP contribution in [0.1, 0.15) is 86.1 Å². The standard InChI is InChI=1S/C23H30N2O6/c1-22(2,3)31-21(30)24-12-9-23(10-13-24)7-4-16(5-8-23)25-11-6-17(19(28)15-27)18(14-26)20(25)29/h6,11,14-16H,4-5,7-10,12-13H2,1-3H3. The second-order valence-corrected chi connectivity index (χ2v) is 9.65. The van der Waals surface area contributed by atoms with Gasteiger partial charge in [-0.05, 0) is 70.8 Å². The van der Waals surface area contributed by atoms with E-state index in [9.17, 15) is 24.0 Å². The normalized spacial score (nSPS) is 19.1. The minimum atomic E-state index is -0.870. The molecule has 168 valence electrons. The predicted molar refractivity (Wildman–Crippen MR) is 113 cm³/mol. The van der Waals surface area contributed by atoms with E-state index < -0.39 is 16.9 Å². The van der Waals surface area contributed by atoms with Crippen LogP contribution in [-0.4, -0.2) is 52.6 Å². The first kappa shape index (κ1) is 22.9. The number of rotatable bonds is 4. The summed E-state index contributed by atoms with van der Waals surface area (Å²) >= 11 is 0. The molecule has 0 unspecified atom stereocenters. The fraction of sp³-hybridized carbons (Fsp3) is 0.609. The molecule has 1 aromatic rings. The van der Waals surface area contributed by atoms with Gasteiger partial charge >= 0.3 is 6.09 Å². The Kier molecular flexibility index (Phi) is 6.48. The summed E-state index contributed by atoms with van der Waals surface area (Å²) in [6.07, 6.45) is 6.94. The number of pyridine rings is 1. The van der Waals surface area contributed by atoms with Crippen molar-refractivity contribution in [2.75, 3.05) is 13.1 Å². The highest BCUT2D eigenvalue weighted by molar-refractivity contribution is 6.34. The van der Waals surface area contributed by atoms with Crippen molar-refractivity contribution in [2.45, 2.75) is 70.9 Å². The lowest BCUT2D eigenvalue weighted by Gasteiger charge is -2.46. The average Bonchev–Trinajstić information content (AvgIpc) is 2.73. The number of piperidine rings is 1. The van der Waals surface area contributed by atoms with Crippen LogP contribution >= 0.6 is 0 Å². The monoisotopic (exact) mass is 430 g/mol. The molecule has 2 heterocycles. The number of amides is 1. The van der Waals surface area contributed by atoms with Crippen molar-refractivity contribution in [1.82, 2.24) is 9.47 Å². The quantitative estimate of drug-likeness (QED) is 0.413. The van der Waals surface area contributed by atoms with Crippen LogP contribution in [0.2, 0.25) is 0 Å². The number of ketones is 1. The van der Waals surface area contributed by atoms with E-state index in [1.807, 2.05) is 20.8 Å². The van der Waals surface area contributed by atoms with Crippen molar-refractivity contribution in [3.63, 3.8) is 0 Å². The Morgan fingerprint density at radius 1 is 1.10 bits per heavy atom. The molecule has 2 fully saturated rings. The fourth-order valence-electron chi connectivity index (χ4n) is 4.73. The van der Waals surface area contributed by atoms with Crippen molar-refractivity contribution in [3.05, 3.63) is 33.7 Å². The maximum Gasteiger partial charge on any atom is 0.410 e. The van der Waals surface area contributed by atoms with Gasteiger partial charge in [0.1, 0.15) is 5.60 Å². The molecule has 0 atom stereocenters. The molecule has 1 aromatic heterocycles. The molecule has 1 saturated heterocycles. The van der Waals surface area contributed by atoms with Crippen LogP contribution in [0.4, 0.5) is 4.79 Å². The highest BCUT2D eigenvalue weighted by atomic mass is 16.6. The molecule has 1 amide bonds. The maximum absolute atomic E-state index is 12.7. The van der Waals surface area contributed by atoms with Gasteiger partial charge in [-0.3, -0.25) is 19.2 Å². The number of hydrogen-bond donors (Lipinski definition) is 0. The number of aldehydes is 2. The van der Waals surface area contributed by atoms with E-state index in [0.29, 0.717) is 19.4 Å². The molecule has 1 saturated carbocycles. The van der Waals surface area contributed by atoms with Gasteiger partial charge in [-0.2, -0.15) is 0 Å². The van der Waals surface area contributed by atoms with Crippen molar-refractivity contribution in [2.24, 2.45) is 5.41 Å². The zero-order valence-corrected chi connectivity index (χ0v) is 18.4. The summed E-state index contributed by atoms with van der Waals surface area (Å²) in [5.41, 5.74) is -1.29. The highest BCUT2D eigenvalue weighted by Crippen LogP contribution is 2.47. The summed E-state index contributed by atoms with van der Waals surface area (Å²) in [5.74, 6) is -0.870. The Morgan fingerprint density at radius 3 is 2.23 bits per heavy atom. The summed E-state index contributed by atoms with van der Waals surface area (Å²) in [5, 5.41) is 0.